The van der Waals surface area contributed by atoms with Crippen LogP contribution in [0.15, 0.2) is 30.3 Å². The second kappa shape index (κ2) is 9.82. The fourth-order valence-electron chi connectivity index (χ4n) is 1.64. The molecule has 1 atom stereocenters. The Balaban J connectivity index is 0.00000211. The number of benzene rings is 1. The maximum atomic E-state index is 11.7. The van der Waals surface area contributed by atoms with Gasteiger partial charge in [0.1, 0.15) is 11.6 Å². The van der Waals surface area contributed by atoms with Crippen molar-refractivity contribution in [2.75, 3.05) is 7.11 Å². The van der Waals surface area contributed by atoms with Gasteiger partial charge in [-0.25, -0.2) is 9.59 Å². The van der Waals surface area contributed by atoms with Gasteiger partial charge in [-0.1, -0.05) is 44.2 Å². The standard InChI is InChI=1S/C15H21NO4.C2H6/c1-15(2,3)20-14(18)16-12(13(17)19-4)10-11-8-6-5-7-9-11;1-2/h5-9,12H,10H2,1-4H3,(H,16,18);1-2H3/t12-;/m0./s1. The number of ether oxygens (including phenoxy) is 2. The lowest BCUT2D eigenvalue weighted by Crippen LogP contribution is -2.45. The fraction of sp³-hybridized carbons (Fsp3) is 0.529. The van der Waals surface area contributed by atoms with E-state index in [2.05, 4.69) is 5.32 Å². The summed E-state index contributed by atoms with van der Waals surface area (Å²) in [4.78, 5) is 23.5. The zero-order valence-corrected chi connectivity index (χ0v) is 14.3. The van der Waals surface area contributed by atoms with Gasteiger partial charge in [-0.3, -0.25) is 0 Å². The SMILES string of the molecule is CC.COC(=O)[C@H](Cc1ccccc1)NC(=O)OC(C)(C)C. The van der Waals surface area contributed by atoms with Gasteiger partial charge < -0.3 is 14.8 Å². The quantitative estimate of drug-likeness (QED) is 0.867. The van der Waals surface area contributed by atoms with Gasteiger partial charge in [-0.05, 0) is 26.3 Å². The Hall–Kier alpha value is -2.04. The lowest BCUT2D eigenvalue weighted by atomic mass is 10.1. The molecule has 1 N–H and O–H groups in total. The van der Waals surface area contributed by atoms with Crippen LogP contribution in [0.2, 0.25) is 0 Å². The van der Waals surface area contributed by atoms with Gasteiger partial charge in [0.2, 0.25) is 0 Å². The largest absolute Gasteiger partial charge is 0.467 e. The summed E-state index contributed by atoms with van der Waals surface area (Å²) in [6.07, 6.45) is -0.281. The number of methoxy groups -OCH3 is 1. The number of carbonyl (C=O) groups excluding carboxylic acids is 2. The highest BCUT2D eigenvalue weighted by atomic mass is 16.6. The van der Waals surface area contributed by atoms with Crippen LogP contribution >= 0.6 is 0 Å². The molecule has 0 aromatic heterocycles. The molecule has 22 heavy (non-hydrogen) atoms. The first kappa shape index (κ1) is 20.0. The Morgan fingerprint density at radius 1 is 1.14 bits per heavy atom. The van der Waals surface area contributed by atoms with Crippen LogP contribution in [0.1, 0.15) is 40.2 Å². The van der Waals surface area contributed by atoms with Crippen molar-refractivity contribution in [2.24, 2.45) is 0 Å². The minimum Gasteiger partial charge on any atom is -0.467 e. The van der Waals surface area contributed by atoms with Gasteiger partial charge >= 0.3 is 12.1 Å². The van der Waals surface area contributed by atoms with Crippen LogP contribution in [0.25, 0.3) is 0 Å². The van der Waals surface area contributed by atoms with E-state index in [4.69, 9.17) is 9.47 Å². The van der Waals surface area contributed by atoms with Crippen LogP contribution in [-0.4, -0.2) is 30.8 Å². The van der Waals surface area contributed by atoms with Crippen LogP contribution in [-0.2, 0) is 20.7 Å². The molecule has 1 amide bonds. The Labute approximate surface area is 133 Å². The topological polar surface area (TPSA) is 64.6 Å². The van der Waals surface area contributed by atoms with E-state index >= 15 is 0 Å². The average molecular weight is 309 g/mol. The van der Waals surface area contributed by atoms with Crippen molar-refractivity contribution in [1.29, 1.82) is 0 Å². The van der Waals surface area contributed by atoms with E-state index in [9.17, 15) is 9.59 Å². The van der Waals surface area contributed by atoms with Gasteiger partial charge in [0.25, 0.3) is 0 Å². The Bertz CT molecular complexity index is 451. The van der Waals surface area contributed by atoms with Crippen LogP contribution in [0, 0.1) is 0 Å². The summed E-state index contributed by atoms with van der Waals surface area (Å²) in [6.45, 7) is 9.28. The van der Waals surface area contributed by atoms with E-state index < -0.39 is 23.7 Å². The molecule has 0 bridgehead atoms. The molecule has 1 aromatic carbocycles. The van der Waals surface area contributed by atoms with Crippen molar-refractivity contribution in [2.45, 2.75) is 52.7 Å². The number of esters is 1. The van der Waals surface area contributed by atoms with E-state index in [1.807, 2.05) is 44.2 Å². The molecule has 0 unspecified atom stereocenters. The molecule has 0 aliphatic carbocycles. The molecule has 0 spiro atoms. The Morgan fingerprint density at radius 3 is 2.14 bits per heavy atom. The fourth-order valence-corrected chi connectivity index (χ4v) is 1.64. The van der Waals surface area contributed by atoms with Crippen molar-refractivity contribution < 1.29 is 19.1 Å². The highest BCUT2D eigenvalue weighted by molar-refractivity contribution is 5.81. The highest BCUT2D eigenvalue weighted by Gasteiger charge is 2.25. The third-order valence-electron chi connectivity index (χ3n) is 2.46. The molecule has 0 aliphatic heterocycles. The summed E-state index contributed by atoms with van der Waals surface area (Å²) < 4.78 is 9.85. The minimum absolute atomic E-state index is 0.354. The summed E-state index contributed by atoms with van der Waals surface area (Å²) in [5.74, 6) is -0.500. The number of hydrogen-bond donors (Lipinski definition) is 1. The van der Waals surface area contributed by atoms with Crippen LogP contribution in [0.5, 0.6) is 0 Å². The van der Waals surface area contributed by atoms with E-state index in [1.165, 1.54) is 7.11 Å². The third kappa shape index (κ3) is 8.29. The molecule has 0 heterocycles. The number of carbonyl (C=O) groups is 2. The zero-order valence-electron chi connectivity index (χ0n) is 14.3. The number of alkyl carbamates (subject to hydrolysis) is 1. The Kier molecular flexibility index (Phi) is 8.91. The van der Waals surface area contributed by atoms with Gasteiger partial charge in [-0.2, -0.15) is 0 Å². The van der Waals surface area contributed by atoms with E-state index in [-0.39, 0.29) is 0 Å². The summed E-state index contributed by atoms with van der Waals surface area (Å²) in [6, 6.07) is 8.63. The molecule has 0 radical (unpaired) electrons. The van der Waals surface area contributed by atoms with Crippen LogP contribution < -0.4 is 5.32 Å². The second-order valence-electron chi connectivity index (χ2n) is 5.41. The molecule has 1 rings (SSSR count). The van der Waals surface area contributed by atoms with Gasteiger partial charge in [-0.15, -0.1) is 0 Å². The van der Waals surface area contributed by atoms with Crippen molar-refractivity contribution in [3.05, 3.63) is 35.9 Å². The number of amides is 1. The second-order valence-corrected chi connectivity index (χ2v) is 5.41. The van der Waals surface area contributed by atoms with Crippen molar-refractivity contribution in [3.63, 3.8) is 0 Å². The zero-order chi connectivity index (χ0) is 17.2. The molecule has 1 aromatic rings. The molecule has 5 nitrogen and oxygen atoms in total. The van der Waals surface area contributed by atoms with Crippen LogP contribution in [0.3, 0.4) is 0 Å². The molecule has 124 valence electrons. The maximum absolute atomic E-state index is 11.7. The summed E-state index contributed by atoms with van der Waals surface area (Å²) >= 11 is 0. The predicted octanol–water partition coefficient (Wildman–Crippen LogP) is 3.32. The van der Waals surface area contributed by atoms with E-state index in [0.717, 1.165) is 5.56 Å². The normalized spacial score (nSPS) is 11.5. The number of rotatable bonds is 4. The summed E-state index contributed by atoms with van der Waals surface area (Å²) in [7, 11) is 1.29. The lowest BCUT2D eigenvalue weighted by molar-refractivity contribution is -0.143. The molecule has 5 heteroatoms. The highest BCUT2D eigenvalue weighted by Crippen LogP contribution is 2.09. The third-order valence-corrected chi connectivity index (χ3v) is 2.46. The number of hydrogen-bond acceptors (Lipinski definition) is 4. The van der Waals surface area contributed by atoms with E-state index in [1.54, 1.807) is 20.8 Å². The molecule has 0 saturated heterocycles. The summed E-state index contributed by atoms with van der Waals surface area (Å²) in [5, 5.41) is 2.54. The first-order valence-corrected chi connectivity index (χ1v) is 7.43. The molecule has 0 fully saturated rings. The predicted molar refractivity (Wildman–Crippen MR) is 86.7 cm³/mol. The van der Waals surface area contributed by atoms with Crippen molar-refractivity contribution in [1.82, 2.24) is 5.32 Å². The number of nitrogens with one attached hydrogen (secondary N) is 1. The minimum atomic E-state index is -0.766. The van der Waals surface area contributed by atoms with Gasteiger partial charge in [0.05, 0.1) is 7.11 Å². The monoisotopic (exact) mass is 309 g/mol. The smallest absolute Gasteiger partial charge is 0.408 e. The average Bonchev–Trinajstić information content (AvgIpc) is 2.47. The van der Waals surface area contributed by atoms with E-state index in [0.29, 0.717) is 6.42 Å². The summed E-state index contributed by atoms with van der Waals surface area (Å²) in [5.41, 5.74) is 0.316. The first-order valence-electron chi connectivity index (χ1n) is 7.43. The van der Waals surface area contributed by atoms with Gasteiger partial charge in [0.15, 0.2) is 0 Å². The molecule has 0 aliphatic rings. The maximum Gasteiger partial charge on any atom is 0.408 e. The molecular weight excluding hydrogens is 282 g/mol. The van der Waals surface area contributed by atoms with Crippen LogP contribution in [0.4, 0.5) is 4.79 Å². The Morgan fingerprint density at radius 2 is 1.68 bits per heavy atom. The molecular formula is C17H27NO4. The molecule has 0 saturated carbocycles. The van der Waals surface area contributed by atoms with Gasteiger partial charge in [0, 0.05) is 6.42 Å². The lowest BCUT2D eigenvalue weighted by Gasteiger charge is -2.22. The first-order chi connectivity index (χ1) is 10.3. The van der Waals surface area contributed by atoms with Crippen molar-refractivity contribution >= 4 is 12.1 Å². The van der Waals surface area contributed by atoms with Crippen molar-refractivity contribution in [3.8, 4) is 0 Å².